The summed E-state index contributed by atoms with van der Waals surface area (Å²) in [6, 6.07) is 0. The van der Waals surface area contributed by atoms with Crippen molar-refractivity contribution in [3.8, 4) is 0 Å². The summed E-state index contributed by atoms with van der Waals surface area (Å²) in [6.07, 6.45) is 10.4. The minimum absolute atomic E-state index is 0.0853. The van der Waals surface area contributed by atoms with Crippen molar-refractivity contribution in [1.82, 2.24) is 0 Å². The number of hydrogen-bond acceptors (Lipinski definition) is 1. The molecule has 0 saturated heterocycles. The molecule has 0 amide bonds. The fraction of sp³-hybridized carbons (Fsp3) is 0.545. The van der Waals surface area contributed by atoms with Crippen LogP contribution < -0.4 is 0 Å². The summed E-state index contributed by atoms with van der Waals surface area (Å²) >= 11 is 0. The van der Waals surface area contributed by atoms with E-state index in [0.29, 0.717) is 0 Å². The van der Waals surface area contributed by atoms with Crippen LogP contribution in [0.25, 0.3) is 0 Å². The van der Waals surface area contributed by atoms with E-state index in [0.717, 1.165) is 0 Å². The summed E-state index contributed by atoms with van der Waals surface area (Å²) in [5.74, 6) is 0. The SMILES string of the molecule is CC1(C)C=CN=CC(C)(C)C=C1. The Morgan fingerprint density at radius 1 is 0.833 bits per heavy atom. The van der Waals surface area contributed by atoms with E-state index in [4.69, 9.17) is 0 Å². The van der Waals surface area contributed by atoms with Crippen LogP contribution in [-0.4, -0.2) is 6.21 Å². The average Bonchev–Trinajstić information content (AvgIpc) is 1.94. The molecule has 0 atom stereocenters. The van der Waals surface area contributed by atoms with Crippen LogP contribution >= 0.6 is 0 Å². The zero-order valence-electron chi connectivity index (χ0n) is 8.33. The number of hydrogen-bond donors (Lipinski definition) is 0. The highest BCUT2D eigenvalue weighted by Gasteiger charge is 2.15. The predicted octanol–water partition coefficient (Wildman–Crippen LogP) is 3.19. The molecule has 0 aromatic heterocycles. The average molecular weight is 163 g/mol. The highest BCUT2D eigenvalue weighted by atomic mass is 14.7. The third-order valence-electron chi connectivity index (χ3n) is 1.94. The normalized spacial score (nSPS) is 25.0. The van der Waals surface area contributed by atoms with Gasteiger partial charge in [-0.1, -0.05) is 45.9 Å². The zero-order valence-corrected chi connectivity index (χ0v) is 8.33. The van der Waals surface area contributed by atoms with Gasteiger partial charge in [0.05, 0.1) is 0 Å². The van der Waals surface area contributed by atoms with E-state index in [1.54, 1.807) is 0 Å². The zero-order chi connectivity index (χ0) is 9.24. The molecule has 1 heteroatoms. The first-order valence-electron chi connectivity index (χ1n) is 4.34. The molecule has 1 heterocycles. The van der Waals surface area contributed by atoms with Crippen LogP contribution in [0.3, 0.4) is 0 Å². The maximum Gasteiger partial charge on any atom is 0.0232 e. The highest BCUT2D eigenvalue weighted by molar-refractivity contribution is 5.68. The second-order valence-electron chi connectivity index (χ2n) is 4.57. The number of allylic oxidation sites excluding steroid dienone is 3. The molecule has 0 fully saturated rings. The molecule has 66 valence electrons. The molecule has 0 aromatic rings. The van der Waals surface area contributed by atoms with Gasteiger partial charge in [0.25, 0.3) is 0 Å². The van der Waals surface area contributed by atoms with Crippen LogP contribution in [0.4, 0.5) is 0 Å². The van der Waals surface area contributed by atoms with E-state index in [1.807, 2.05) is 12.4 Å². The van der Waals surface area contributed by atoms with E-state index in [1.165, 1.54) is 0 Å². The summed E-state index contributed by atoms with van der Waals surface area (Å²) in [5.41, 5.74) is 0.219. The molecule has 0 radical (unpaired) electrons. The summed E-state index contributed by atoms with van der Waals surface area (Å²) in [5, 5.41) is 0. The number of rotatable bonds is 0. The number of aliphatic imine (C=N–C) groups is 1. The summed E-state index contributed by atoms with van der Waals surface area (Å²) in [6.45, 7) is 8.66. The topological polar surface area (TPSA) is 12.4 Å². The Bertz CT molecular complexity index is 216. The summed E-state index contributed by atoms with van der Waals surface area (Å²) in [4.78, 5) is 4.22. The largest absolute Gasteiger partial charge is 0.268 e. The van der Waals surface area contributed by atoms with Crippen LogP contribution in [0.2, 0.25) is 0 Å². The van der Waals surface area contributed by atoms with Gasteiger partial charge in [0, 0.05) is 23.2 Å². The molecule has 0 saturated carbocycles. The van der Waals surface area contributed by atoms with E-state index in [9.17, 15) is 0 Å². The molecule has 0 bridgehead atoms. The predicted molar refractivity (Wildman–Crippen MR) is 54.3 cm³/mol. The molecule has 0 spiro atoms. The molecule has 1 aliphatic heterocycles. The third-order valence-corrected chi connectivity index (χ3v) is 1.94. The van der Waals surface area contributed by atoms with Crippen LogP contribution in [-0.2, 0) is 0 Å². The first kappa shape index (κ1) is 9.24. The van der Waals surface area contributed by atoms with Gasteiger partial charge in [0.1, 0.15) is 0 Å². The van der Waals surface area contributed by atoms with Crippen LogP contribution in [0, 0.1) is 10.8 Å². The van der Waals surface area contributed by atoms with E-state index in [-0.39, 0.29) is 10.8 Å². The Balaban J connectivity index is 2.97. The molecule has 1 aliphatic rings. The van der Waals surface area contributed by atoms with Crippen molar-refractivity contribution < 1.29 is 0 Å². The van der Waals surface area contributed by atoms with Crippen molar-refractivity contribution in [1.29, 1.82) is 0 Å². The van der Waals surface area contributed by atoms with Gasteiger partial charge in [-0.3, -0.25) is 4.99 Å². The second kappa shape index (κ2) is 2.89. The maximum absolute atomic E-state index is 4.22. The fourth-order valence-electron chi connectivity index (χ4n) is 0.998. The van der Waals surface area contributed by atoms with Crippen molar-refractivity contribution in [2.24, 2.45) is 15.8 Å². The summed E-state index contributed by atoms with van der Waals surface area (Å²) < 4.78 is 0. The van der Waals surface area contributed by atoms with Gasteiger partial charge in [0.15, 0.2) is 0 Å². The Morgan fingerprint density at radius 2 is 1.42 bits per heavy atom. The van der Waals surface area contributed by atoms with Gasteiger partial charge in [-0.05, 0) is 0 Å². The Morgan fingerprint density at radius 3 is 2.08 bits per heavy atom. The quantitative estimate of drug-likeness (QED) is 0.486. The lowest BCUT2D eigenvalue weighted by molar-refractivity contribution is 0.597. The van der Waals surface area contributed by atoms with Crippen molar-refractivity contribution in [3.05, 3.63) is 24.4 Å². The van der Waals surface area contributed by atoms with E-state index in [2.05, 4.69) is 50.9 Å². The second-order valence-corrected chi connectivity index (χ2v) is 4.57. The lowest BCUT2D eigenvalue weighted by Gasteiger charge is -2.20. The van der Waals surface area contributed by atoms with Crippen molar-refractivity contribution in [2.45, 2.75) is 27.7 Å². The standard InChI is InChI=1S/C11H17N/c1-10(2)5-6-11(3,4)9-12-8-7-10/h5-9H,1-4H3. The molecule has 0 unspecified atom stereocenters. The minimum atomic E-state index is 0.0853. The lowest BCUT2D eigenvalue weighted by atomic mass is 9.86. The summed E-state index contributed by atoms with van der Waals surface area (Å²) in [7, 11) is 0. The van der Waals surface area contributed by atoms with Crippen LogP contribution in [0.1, 0.15) is 27.7 Å². The molecular weight excluding hydrogens is 146 g/mol. The Hall–Kier alpha value is -0.850. The molecule has 1 nitrogen and oxygen atoms in total. The molecule has 0 N–H and O–H groups in total. The lowest BCUT2D eigenvalue weighted by Crippen LogP contribution is -2.13. The smallest absolute Gasteiger partial charge is 0.0232 e. The Labute approximate surface area is 74.9 Å². The highest BCUT2D eigenvalue weighted by Crippen LogP contribution is 2.25. The first-order chi connectivity index (χ1) is 5.41. The molecule has 1 rings (SSSR count). The molecule has 0 aromatic carbocycles. The Kier molecular flexibility index (Phi) is 2.22. The van der Waals surface area contributed by atoms with Gasteiger partial charge in [-0.15, -0.1) is 0 Å². The molecule has 12 heavy (non-hydrogen) atoms. The van der Waals surface area contributed by atoms with Gasteiger partial charge in [0.2, 0.25) is 0 Å². The monoisotopic (exact) mass is 163 g/mol. The first-order valence-corrected chi connectivity index (χ1v) is 4.34. The van der Waals surface area contributed by atoms with Crippen molar-refractivity contribution in [3.63, 3.8) is 0 Å². The van der Waals surface area contributed by atoms with E-state index >= 15 is 0 Å². The molecule has 0 aliphatic carbocycles. The van der Waals surface area contributed by atoms with Gasteiger partial charge in [-0.25, -0.2) is 0 Å². The van der Waals surface area contributed by atoms with Gasteiger partial charge in [-0.2, -0.15) is 0 Å². The number of nitrogens with zero attached hydrogens (tertiary/aromatic N) is 1. The van der Waals surface area contributed by atoms with Crippen molar-refractivity contribution >= 4 is 6.21 Å². The fourth-order valence-corrected chi connectivity index (χ4v) is 0.998. The van der Waals surface area contributed by atoms with Crippen LogP contribution in [0.15, 0.2) is 29.4 Å². The third kappa shape index (κ3) is 2.65. The van der Waals surface area contributed by atoms with Gasteiger partial charge < -0.3 is 0 Å². The van der Waals surface area contributed by atoms with Crippen LogP contribution in [0.5, 0.6) is 0 Å². The molecular formula is C11H17N. The minimum Gasteiger partial charge on any atom is -0.268 e. The maximum atomic E-state index is 4.22. The van der Waals surface area contributed by atoms with E-state index < -0.39 is 0 Å². The van der Waals surface area contributed by atoms with Crippen molar-refractivity contribution in [2.75, 3.05) is 0 Å². The van der Waals surface area contributed by atoms with Gasteiger partial charge >= 0.3 is 0 Å².